The molecule has 0 aliphatic rings. The van der Waals surface area contributed by atoms with Crippen LogP contribution in [0.1, 0.15) is 12.5 Å². The summed E-state index contributed by atoms with van der Waals surface area (Å²) >= 11 is 0. The molecule has 0 bridgehead atoms. The van der Waals surface area contributed by atoms with Crippen molar-refractivity contribution in [2.75, 3.05) is 6.54 Å². The Hall–Kier alpha value is -1.07. The van der Waals surface area contributed by atoms with Crippen molar-refractivity contribution in [2.24, 2.45) is 5.73 Å². The molecule has 0 aromatic heterocycles. The first-order valence-corrected chi connectivity index (χ1v) is 4.62. The molecule has 1 aromatic carbocycles. The summed E-state index contributed by atoms with van der Waals surface area (Å²) in [6.07, 6.45) is 0. The molecule has 84 valence electrons. The first-order chi connectivity index (χ1) is 7.06. The van der Waals surface area contributed by atoms with Gasteiger partial charge < -0.3 is 11.1 Å². The summed E-state index contributed by atoms with van der Waals surface area (Å²) in [7, 11) is 0. The molecule has 0 heterocycles. The normalized spacial score (nSPS) is 12.9. The number of halogens is 3. The molecule has 0 fully saturated rings. The van der Waals surface area contributed by atoms with E-state index in [1.807, 2.05) is 6.92 Å². The summed E-state index contributed by atoms with van der Waals surface area (Å²) in [5, 5.41) is 2.88. The van der Waals surface area contributed by atoms with Gasteiger partial charge in [0.15, 0.2) is 17.5 Å². The van der Waals surface area contributed by atoms with Crippen molar-refractivity contribution >= 4 is 0 Å². The van der Waals surface area contributed by atoms with Gasteiger partial charge in [0.05, 0.1) is 0 Å². The highest BCUT2D eigenvalue weighted by molar-refractivity contribution is 5.20. The molecular weight excluding hydrogens is 205 g/mol. The second-order valence-electron chi connectivity index (χ2n) is 3.35. The molecule has 3 N–H and O–H groups in total. The number of rotatable bonds is 4. The van der Waals surface area contributed by atoms with Gasteiger partial charge in [-0.25, -0.2) is 13.2 Å². The van der Waals surface area contributed by atoms with Gasteiger partial charge in [-0.15, -0.1) is 0 Å². The smallest absolute Gasteiger partial charge is 0.194 e. The number of nitrogens with one attached hydrogen (secondary N) is 1. The van der Waals surface area contributed by atoms with E-state index in [1.54, 1.807) is 0 Å². The Kier molecular flexibility index (Phi) is 4.11. The lowest BCUT2D eigenvalue weighted by Crippen LogP contribution is -2.32. The van der Waals surface area contributed by atoms with Crippen LogP contribution in [-0.4, -0.2) is 12.6 Å². The van der Waals surface area contributed by atoms with Crippen molar-refractivity contribution in [2.45, 2.75) is 19.5 Å². The third kappa shape index (κ3) is 2.94. The van der Waals surface area contributed by atoms with Crippen molar-refractivity contribution in [3.63, 3.8) is 0 Å². The highest BCUT2D eigenvalue weighted by atomic mass is 19.2. The van der Waals surface area contributed by atoms with Crippen molar-refractivity contribution < 1.29 is 13.2 Å². The number of hydrogen-bond acceptors (Lipinski definition) is 2. The molecule has 0 saturated carbocycles. The molecule has 0 aliphatic heterocycles. The Labute approximate surface area is 86.3 Å². The lowest BCUT2D eigenvalue weighted by atomic mass is 10.2. The zero-order valence-corrected chi connectivity index (χ0v) is 8.36. The van der Waals surface area contributed by atoms with Gasteiger partial charge in [-0.2, -0.15) is 0 Å². The molecule has 0 saturated heterocycles. The maximum atomic E-state index is 13.1. The van der Waals surface area contributed by atoms with Crippen LogP contribution in [0.15, 0.2) is 12.1 Å². The minimum Gasteiger partial charge on any atom is -0.329 e. The minimum absolute atomic E-state index is 0.00230. The molecule has 5 heteroatoms. The zero-order valence-electron chi connectivity index (χ0n) is 8.36. The topological polar surface area (TPSA) is 38.0 Å². The van der Waals surface area contributed by atoms with Crippen molar-refractivity contribution in [3.8, 4) is 0 Å². The van der Waals surface area contributed by atoms with Crippen LogP contribution in [0.3, 0.4) is 0 Å². The monoisotopic (exact) mass is 218 g/mol. The van der Waals surface area contributed by atoms with Crippen molar-refractivity contribution in [1.29, 1.82) is 0 Å². The average Bonchev–Trinajstić information content (AvgIpc) is 2.24. The first-order valence-electron chi connectivity index (χ1n) is 4.62. The van der Waals surface area contributed by atoms with Gasteiger partial charge in [-0.05, 0) is 13.0 Å². The Morgan fingerprint density at radius 3 is 2.53 bits per heavy atom. The second kappa shape index (κ2) is 5.14. The van der Waals surface area contributed by atoms with Gasteiger partial charge in [0.2, 0.25) is 0 Å². The number of hydrogen-bond donors (Lipinski definition) is 2. The largest absolute Gasteiger partial charge is 0.329 e. The van der Waals surface area contributed by atoms with Crippen LogP contribution < -0.4 is 11.1 Å². The second-order valence-corrected chi connectivity index (χ2v) is 3.35. The Morgan fingerprint density at radius 2 is 1.93 bits per heavy atom. The number of nitrogens with two attached hydrogens (primary N) is 1. The van der Waals surface area contributed by atoms with Gasteiger partial charge in [0.1, 0.15) is 0 Å². The summed E-state index contributed by atoms with van der Waals surface area (Å²) in [4.78, 5) is 0. The molecule has 0 spiro atoms. The third-order valence-corrected chi connectivity index (χ3v) is 2.11. The van der Waals surface area contributed by atoms with Crippen LogP contribution >= 0.6 is 0 Å². The lowest BCUT2D eigenvalue weighted by Gasteiger charge is -2.11. The average molecular weight is 218 g/mol. The van der Waals surface area contributed by atoms with E-state index < -0.39 is 17.5 Å². The van der Waals surface area contributed by atoms with Crippen LogP contribution in [0.2, 0.25) is 0 Å². The summed E-state index contributed by atoms with van der Waals surface area (Å²) in [6.45, 7) is 2.34. The SMILES string of the molecule is C[C@@H](CN)NCc1ccc(F)c(F)c1F. The van der Waals surface area contributed by atoms with E-state index in [0.29, 0.717) is 6.54 Å². The minimum atomic E-state index is -1.44. The maximum absolute atomic E-state index is 13.1. The molecule has 0 unspecified atom stereocenters. The highest BCUT2D eigenvalue weighted by Gasteiger charge is 2.13. The zero-order chi connectivity index (χ0) is 11.4. The van der Waals surface area contributed by atoms with E-state index in [9.17, 15) is 13.2 Å². The van der Waals surface area contributed by atoms with Crippen LogP contribution in [0.4, 0.5) is 13.2 Å². The molecule has 15 heavy (non-hydrogen) atoms. The Morgan fingerprint density at radius 1 is 1.27 bits per heavy atom. The van der Waals surface area contributed by atoms with E-state index in [2.05, 4.69) is 5.32 Å². The van der Waals surface area contributed by atoms with E-state index in [0.717, 1.165) is 6.07 Å². The summed E-state index contributed by atoms with van der Waals surface area (Å²) in [6, 6.07) is 2.12. The lowest BCUT2D eigenvalue weighted by molar-refractivity contribution is 0.435. The van der Waals surface area contributed by atoms with Crippen LogP contribution in [-0.2, 0) is 6.54 Å². The van der Waals surface area contributed by atoms with E-state index in [4.69, 9.17) is 5.73 Å². The van der Waals surface area contributed by atoms with Crippen molar-refractivity contribution in [1.82, 2.24) is 5.32 Å². The summed E-state index contributed by atoms with van der Waals surface area (Å²) in [5.41, 5.74) is 5.43. The predicted molar refractivity (Wildman–Crippen MR) is 51.7 cm³/mol. The summed E-state index contributed by atoms with van der Waals surface area (Å²) in [5.74, 6) is -3.76. The van der Waals surface area contributed by atoms with E-state index in [1.165, 1.54) is 6.07 Å². The van der Waals surface area contributed by atoms with Gasteiger partial charge in [0, 0.05) is 24.7 Å². The fourth-order valence-electron chi connectivity index (χ4n) is 1.07. The van der Waals surface area contributed by atoms with Gasteiger partial charge in [-0.1, -0.05) is 6.07 Å². The fraction of sp³-hybridized carbons (Fsp3) is 0.400. The van der Waals surface area contributed by atoms with Crippen LogP contribution in [0.5, 0.6) is 0 Å². The van der Waals surface area contributed by atoms with Crippen molar-refractivity contribution in [3.05, 3.63) is 35.1 Å². The maximum Gasteiger partial charge on any atom is 0.194 e. The highest BCUT2D eigenvalue weighted by Crippen LogP contribution is 2.14. The van der Waals surface area contributed by atoms with Crippen LogP contribution in [0.25, 0.3) is 0 Å². The van der Waals surface area contributed by atoms with Gasteiger partial charge in [0.25, 0.3) is 0 Å². The first kappa shape index (κ1) is 12.0. The Bertz CT molecular complexity index is 342. The summed E-state index contributed by atoms with van der Waals surface area (Å²) < 4.78 is 38.5. The molecular formula is C10H13F3N2. The molecule has 1 atom stereocenters. The van der Waals surface area contributed by atoms with E-state index in [-0.39, 0.29) is 18.2 Å². The molecule has 1 aromatic rings. The number of benzene rings is 1. The molecule has 0 amide bonds. The fourth-order valence-corrected chi connectivity index (χ4v) is 1.07. The Balaban J connectivity index is 2.74. The standard InChI is InChI=1S/C10H13F3N2/c1-6(4-14)15-5-7-2-3-8(11)10(13)9(7)12/h2-3,6,15H,4-5,14H2,1H3/t6-/m0/s1. The van der Waals surface area contributed by atoms with Crippen LogP contribution in [0, 0.1) is 17.5 Å². The predicted octanol–water partition coefficient (Wildman–Crippen LogP) is 1.54. The molecule has 1 rings (SSSR count). The van der Waals surface area contributed by atoms with E-state index >= 15 is 0 Å². The van der Waals surface area contributed by atoms with Gasteiger partial charge in [-0.3, -0.25) is 0 Å². The molecule has 0 radical (unpaired) electrons. The molecule has 0 aliphatic carbocycles. The third-order valence-electron chi connectivity index (χ3n) is 2.11. The quantitative estimate of drug-likeness (QED) is 0.752. The van der Waals surface area contributed by atoms with Gasteiger partial charge >= 0.3 is 0 Å². The molecule has 2 nitrogen and oxygen atoms in total.